The lowest BCUT2D eigenvalue weighted by molar-refractivity contribution is 0.00578. The van der Waals surface area contributed by atoms with E-state index < -0.39 is 29.1 Å². The second-order valence-electron chi connectivity index (χ2n) is 6.13. The molecule has 1 aromatic heterocycles. The van der Waals surface area contributed by atoms with E-state index in [0.717, 1.165) is 5.56 Å². The lowest BCUT2D eigenvalue weighted by atomic mass is 9.83. The van der Waals surface area contributed by atoms with Crippen LogP contribution in [0.1, 0.15) is 33.3 Å². The van der Waals surface area contributed by atoms with Gasteiger partial charge in [-0.2, -0.15) is 0 Å². The molecular formula is C13H21BN2O3S. The largest absolute Gasteiger partial charge is 0.514 e. The summed E-state index contributed by atoms with van der Waals surface area (Å²) in [6.07, 6.45) is 1.66. The van der Waals surface area contributed by atoms with Crippen molar-refractivity contribution < 1.29 is 13.5 Å². The molecule has 1 saturated heterocycles. The molecule has 20 heavy (non-hydrogen) atoms. The molecule has 0 amide bonds. The zero-order valence-electron chi connectivity index (χ0n) is 12.6. The zero-order valence-corrected chi connectivity index (χ0v) is 13.4. The number of anilines is 1. The lowest BCUT2D eigenvalue weighted by Gasteiger charge is -2.32. The third-order valence-corrected chi connectivity index (χ3v) is 4.53. The van der Waals surface area contributed by atoms with Gasteiger partial charge in [0.25, 0.3) is 0 Å². The summed E-state index contributed by atoms with van der Waals surface area (Å²) in [5, 5.41) is 0. The molecule has 0 aromatic carbocycles. The molecule has 1 aliphatic rings. The number of pyridine rings is 1. The van der Waals surface area contributed by atoms with Gasteiger partial charge in [-0.05, 0) is 45.4 Å². The van der Waals surface area contributed by atoms with Crippen molar-refractivity contribution in [3.8, 4) is 0 Å². The summed E-state index contributed by atoms with van der Waals surface area (Å²) in [6.45, 7) is 7.95. The molecule has 2 heterocycles. The molecular weight excluding hydrogens is 275 g/mol. The second-order valence-corrected chi connectivity index (χ2v) is 7.57. The van der Waals surface area contributed by atoms with Crippen molar-refractivity contribution in [1.29, 1.82) is 0 Å². The standard InChI is InChI=1S/C13H21BN2O3S/c1-12(2)13(3,4)19-14(18-12)10-6-9(8-20(5)17)7-11(15)16-10/h6-7H,8H2,1-5H3,(H2,15,16). The highest BCUT2D eigenvalue weighted by Gasteiger charge is 2.52. The minimum Gasteiger partial charge on any atom is -0.398 e. The maximum Gasteiger partial charge on any atom is 0.514 e. The van der Waals surface area contributed by atoms with Crippen molar-refractivity contribution in [3.63, 3.8) is 0 Å². The van der Waals surface area contributed by atoms with Crippen molar-refractivity contribution in [1.82, 2.24) is 4.98 Å². The minimum atomic E-state index is -0.930. The number of hydrogen-bond donors (Lipinski definition) is 1. The fraction of sp³-hybridized carbons (Fsp3) is 0.615. The highest BCUT2D eigenvalue weighted by molar-refractivity contribution is 7.83. The van der Waals surface area contributed by atoms with Crippen LogP contribution < -0.4 is 11.3 Å². The summed E-state index contributed by atoms with van der Waals surface area (Å²) in [7, 11) is -1.48. The summed E-state index contributed by atoms with van der Waals surface area (Å²) in [4.78, 5) is 4.28. The van der Waals surface area contributed by atoms with Crippen LogP contribution in [-0.2, 0) is 25.9 Å². The van der Waals surface area contributed by atoms with E-state index in [9.17, 15) is 4.21 Å². The van der Waals surface area contributed by atoms with Gasteiger partial charge in [-0.25, -0.2) is 4.98 Å². The van der Waals surface area contributed by atoms with Crippen LogP contribution in [-0.4, -0.2) is 33.8 Å². The molecule has 1 unspecified atom stereocenters. The van der Waals surface area contributed by atoms with E-state index in [4.69, 9.17) is 15.0 Å². The minimum absolute atomic E-state index is 0.387. The Morgan fingerprint density at radius 2 is 1.80 bits per heavy atom. The molecule has 2 N–H and O–H groups in total. The van der Waals surface area contributed by atoms with Crippen LogP contribution in [0.15, 0.2) is 12.1 Å². The predicted molar refractivity (Wildman–Crippen MR) is 82.1 cm³/mol. The molecule has 0 spiro atoms. The number of aromatic nitrogens is 1. The second kappa shape index (κ2) is 5.13. The number of rotatable bonds is 3. The molecule has 7 heteroatoms. The van der Waals surface area contributed by atoms with E-state index in [1.54, 1.807) is 12.3 Å². The van der Waals surface area contributed by atoms with Crippen LogP contribution in [0.2, 0.25) is 0 Å². The summed E-state index contributed by atoms with van der Waals surface area (Å²) in [5.41, 5.74) is 6.49. The maximum absolute atomic E-state index is 11.4. The van der Waals surface area contributed by atoms with E-state index in [1.165, 1.54) is 0 Å². The van der Waals surface area contributed by atoms with Gasteiger partial charge >= 0.3 is 7.12 Å². The molecule has 2 rings (SSSR count). The van der Waals surface area contributed by atoms with Crippen LogP contribution in [0.3, 0.4) is 0 Å². The molecule has 1 atom stereocenters. The van der Waals surface area contributed by atoms with Crippen LogP contribution in [0, 0.1) is 0 Å². The van der Waals surface area contributed by atoms with E-state index in [0.29, 0.717) is 17.2 Å². The first-order chi connectivity index (χ1) is 9.10. The predicted octanol–water partition coefficient (Wildman–Crippen LogP) is 0.841. The molecule has 5 nitrogen and oxygen atoms in total. The van der Waals surface area contributed by atoms with Crippen molar-refractivity contribution in [2.24, 2.45) is 0 Å². The summed E-state index contributed by atoms with van der Waals surface area (Å²) in [6, 6.07) is 3.58. The summed E-state index contributed by atoms with van der Waals surface area (Å²) >= 11 is 0. The fourth-order valence-corrected chi connectivity index (χ4v) is 2.67. The quantitative estimate of drug-likeness (QED) is 0.837. The highest BCUT2D eigenvalue weighted by atomic mass is 32.2. The summed E-state index contributed by atoms with van der Waals surface area (Å²) in [5.74, 6) is 0.830. The van der Waals surface area contributed by atoms with E-state index in [2.05, 4.69) is 4.98 Å². The number of hydrogen-bond acceptors (Lipinski definition) is 5. The van der Waals surface area contributed by atoms with E-state index >= 15 is 0 Å². The maximum atomic E-state index is 11.4. The van der Waals surface area contributed by atoms with Crippen molar-refractivity contribution >= 4 is 29.3 Å². The Morgan fingerprint density at radius 1 is 1.25 bits per heavy atom. The number of nitrogens with two attached hydrogens (primary N) is 1. The number of nitrogens with zero attached hydrogens (tertiary/aromatic N) is 1. The Morgan fingerprint density at radius 3 is 2.30 bits per heavy atom. The Labute approximate surface area is 122 Å². The first kappa shape index (κ1) is 15.5. The van der Waals surface area contributed by atoms with Gasteiger partial charge in [-0.1, -0.05) is 0 Å². The van der Waals surface area contributed by atoms with Crippen molar-refractivity contribution in [2.45, 2.75) is 44.6 Å². The van der Waals surface area contributed by atoms with Crippen LogP contribution in [0.5, 0.6) is 0 Å². The van der Waals surface area contributed by atoms with Gasteiger partial charge in [-0.15, -0.1) is 0 Å². The van der Waals surface area contributed by atoms with Crippen LogP contribution in [0.25, 0.3) is 0 Å². The first-order valence-electron chi connectivity index (χ1n) is 6.53. The van der Waals surface area contributed by atoms with Gasteiger partial charge in [0.1, 0.15) is 5.82 Å². The van der Waals surface area contributed by atoms with Gasteiger partial charge in [-0.3, -0.25) is 4.21 Å². The lowest BCUT2D eigenvalue weighted by Crippen LogP contribution is -2.41. The van der Waals surface area contributed by atoms with E-state index in [-0.39, 0.29) is 0 Å². The zero-order chi connectivity index (χ0) is 15.1. The molecule has 110 valence electrons. The van der Waals surface area contributed by atoms with Crippen molar-refractivity contribution in [2.75, 3.05) is 12.0 Å². The normalized spacial score (nSPS) is 21.9. The summed E-state index contributed by atoms with van der Waals surface area (Å²) < 4.78 is 23.2. The molecule has 0 aliphatic carbocycles. The first-order valence-corrected chi connectivity index (χ1v) is 8.25. The molecule has 1 aliphatic heterocycles. The highest BCUT2D eigenvalue weighted by Crippen LogP contribution is 2.36. The Hall–Kier alpha value is -0.915. The number of nitrogen functional groups attached to an aromatic ring is 1. The Kier molecular flexibility index (Phi) is 3.97. The van der Waals surface area contributed by atoms with Gasteiger partial charge in [0, 0.05) is 22.8 Å². The average Bonchev–Trinajstić information content (AvgIpc) is 2.46. The smallest absolute Gasteiger partial charge is 0.398 e. The van der Waals surface area contributed by atoms with Crippen LogP contribution >= 0.6 is 0 Å². The van der Waals surface area contributed by atoms with E-state index in [1.807, 2.05) is 33.8 Å². The molecule has 1 fully saturated rings. The third kappa shape index (κ3) is 3.05. The topological polar surface area (TPSA) is 74.4 Å². The molecule has 1 aromatic rings. The monoisotopic (exact) mass is 296 g/mol. The third-order valence-electron chi connectivity index (χ3n) is 3.79. The van der Waals surface area contributed by atoms with Gasteiger partial charge < -0.3 is 15.0 Å². The van der Waals surface area contributed by atoms with Gasteiger partial charge in [0.2, 0.25) is 0 Å². The molecule has 0 bridgehead atoms. The molecule has 0 radical (unpaired) electrons. The van der Waals surface area contributed by atoms with Gasteiger partial charge in [0.15, 0.2) is 0 Å². The Balaban J connectivity index is 2.30. The fourth-order valence-electron chi connectivity index (χ4n) is 2.04. The van der Waals surface area contributed by atoms with Gasteiger partial charge in [0.05, 0.1) is 16.8 Å². The molecule has 0 saturated carbocycles. The average molecular weight is 296 g/mol. The Bertz CT molecular complexity index is 532. The SMILES string of the molecule is CS(=O)Cc1cc(N)nc(B2OC(C)(C)C(C)(C)O2)c1. The van der Waals surface area contributed by atoms with Crippen molar-refractivity contribution in [3.05, 3.63) is 17.7 Å². The van der Waals surface area contributed by atoms with Crippen LogP contribution in [0.4, 0.5) is 5.82 Å².